The van der Waals surface area contributed by atoms with Gasteiger partial charge in [0.1, 0.15) is 9.88 Å². The van der Waals surface area contributed by atoms with Crippen molar-refractivity contribution in [3.05, 3.63) is 15.6 Å². The highest BCUT2D eigenvalue weighted by molar-refractivity contribution is 7.97. The normalized spacial score (nSPS) is 16.0. The van der Waals surface area contributed by atoms with Gasteiger partial charge in [0.05, 0.1) is 5.69 Å². The van der Waals surface area contributed by atoms with E-state index in [0.717, 1.165) is 53.9 Å². The topological polar surface area (TPSA) is 45.2 Å². The summed E-state index contributed by atoms with van der Waals surface area (Å²) in [6.45, 7) is 5.45. The largest absolute Gasteiger partial charge is 0.335 e. The maximum absolute atomic E-state index is 12.5. The summed E-state index contributed by atoms with van der Waals surface area (Å²) >= 11 is 3.31. The fourth-order valence-electron chi connectivity index (χ4n) is 2.00. The van der Waals surface area contributed by atoms with Crippen LogP contribution in [0.3, 0.4) is 0 Å². The lowest BCUT2D eigenvalue weighted by molar-refractivity contribution is 0.0739. The van der Waals surface area contributed by atoms with E-state index in [9.17, 15) is 4.79 Å². The molecular weight excluding hydrogens is 266 g/mol. The molecule has 1 N–H and O–H groups in total. The molecule has 1 fully saturated rings. The van der Waals surface area contributed by atoms with E-state index < -0.39 is 0 Å². The van der Waals surface area contributed by atoms with Gasteiger partial charge < -0.3 is 10.2 Å². The smallest absolute Gasteiger partial charge is 0.265 e. The van der Waals surface area contributed by atoms with Crippen LogP contribution in [0.2, 0.25) is 0 Å². The van der Waals surface area contributed by atoms with Crippen molar-refractivity contribution in [2.24, 2.45) is 0 Å². The molecule has 6 heteroatoms. The molecule has 1 amide bonds. The Balaban J connectivity index is 2.17. The lowest BCUT2D eigenvalue weighted by Crippen LogP contribution is -2.46. The molecule has 0 bridgehead atoms. The summed E-state index contributed by atoms with van der Waals surface area (Å²) in [5.41, 5.74) is 0.965. The first-order valence-corrected chi connectivity index (χ1v) is 8.44. The highest BCUT2D eigenvalue weighted by Crippen LogP contribution is 2.24. The molecule has 0 saturated carbocycles. The van der Waals surface area contributed by atoms with Crippen molar-refractivity contribution in [2.45, 2.75) is 19.1 Å². The van der Waals surface area contributed by atoms with Gasteiger partial charge >= 0.3 is 0 Å². The Morgan fingerprint density at radius 1 is 1.50 bits per heavy atom. The first-order chi connectivity index (χ1) is 8.76. The van der Waals surface area contributed by atoms with Crippen molar-refractivity contribution in [3.8, 4) is 0 Å². The van der Waals surface area contributed by atoms with Crippen LogP contribution in [0.5, 0.6) is 0 Å². The Morgan fingerprint density at radius 2 is 2.22 bits per heavy atom. The number of nitrogens with one attached hydrogen (secondary N) is 1. The Bertz CT molecular complexity index is 413. The molecule has 1 aliphatic rings. The fourth-order valence-corrected chi connectivity index (χ4v) is 3.82. The summed E-state index contributed by atoms with van der Waals surface area (Å²) < 4.78 is 0. The SMILES string of the molecule is CCc1nc(CSC)sc1C(=O)N1CCNCC1. The molecule has 1 aliphatic heterocycles. The molecule has 0 spiro atoms. The van der Waals surface area contributed by atoms with Crippen LogP contribution in [0.25, 0.3) is 0 Å². The van der Waals surface area contributed by atoms with E-state index in [2.05, 4.69) is 23.5 Å². The average Bonchev–Trinajstić information content (AvgIpc) is 2.82. The number of thioether (sulfide) groups is 1. The monoisotopic (exact) mass is 285 g/mol. The predicted octanol–water partition coefficient (Wildman–Crippen LogP) is 1.61. The van der Waals surface area contributed by atoms with Crippen molar-refractivity contribution in [1.82, 2.24) is 15.2 Å². The Hall–Kier alpha value is -0.590. The number of piperazine rings is 1. The van der Waals surface area contributed by atoms with Crippen molar-refractivity contribution in [2.75, 3.05) is 32.4 Å². The summed E-state index contributed by atoms with van der Waals surface area (Å²) in [7, 11) is 0. The first-order valence-electron chi connectivity index (χ1n) is 6.23. The van der Waals surface area contributed by atoms with Crippen LogP contribution < -0.4 is 5.32 Å². The van der Waals surface area contributed by atoms with Crippen molar-refractivity contribution < 1.29 is 4.79 Å². The van der Waals surface area contributed by atoms with E-state index in [1.807, 2.05) is 4.90 Å². The summed E-state index contributed by atoms with van der Waals surface area (Å²) in [6.07, 6.45) is 2.89. The molecule has 0 atom stereocenters. The standard InChI is InChI=1S/C12H19N3OS2/c1-3-9-11(18-10(14-9)8-17-2)12(16)15-6-4-13-5-7-15/h13H,3-8H2,1-2H3. The Kier molecular flexibility index (Phi) is 5.03. The number of hydrogen-bond donors (Lipinski definition) is 1. The highest BCUT2D eigenvalue weighted by atomic mass is 32.2. The molecule has 1 aromatic heterocycles. The zero-order chi connectivity index (χ0) is 13.0. The fraction of sp³-hybridized carbons (Fsp3) is 0.667. The lowest BCUT2D eigenvalue weighted by atomic mass is 10.2. The van der Waals surface area contributed by atoms with Gasteiger partial charge in [-0.2, -0.15) is 11.8 Å². The minimum Gasteiger partial charge on any atom is -0.335 e. The van der Waals surface area contributed by atoms with Crippen molar-refractivity contribution >= 4 is 29.0 Å². The third-order valence-electron chi connectivity index (χ3n) is 2.94. The van der Waals surface area contributed by atoms with E-state index in [0.29, 0.717) is 0 Å². The van der Waals surface area contributed by atoms with E-state index >= 15 is 0 Å². The molecule has 4 nitrogen and oxygen atoms in total. The summed E-state index contributed by atoms with van der Waals surface area (Å²) in [4.78, 5) is 19.8. The highest BCUT2D eigenvalue weighted by Gasteiger charge is 2.23. The predicted molar refractivity (Wildman–Crippen MR) is 77.5 cm³/mol. The van der Waals surface area contributed by atoms with Crippen LogP contribution in [0.1, 0.15) is 27.3 Å². The Labute approximate surface area is 116 Å². The van der Waals surface area contributed by atoms with Crippen LogP contribution in [0.15, 0.2) is 0 Å². The number of rotatable bonds is 4. The Morgan fingerprint density at radius 3 is 2.83 bits per heavy atom. The number of carbonyl (C=O) groups excluding carboxylic acids is 1. The quantitative estimate of drug-likeness (QED) is 0.913. The molecule has 0 unspecified atom stereocenters. The third-order valence-corrected chi connectivity index (χ3v) is 4.77. The number of amides is 1. The average molecular weight is 285 g/mol. The van der Waals surface area contributed by atoms with E-state index in [-0.39, 0.29) is 5.91 Å². The summed E-state index contributed by atoms with van der Waals surface area (Å²) in [5, 5.41) is 4.33. The number of carbonyl (C=O) groups is 1. The molecule has 2 heterocycles. The van der Waals surface area contributed by atoms with Gasteiger partial charge in [0.15, 0.2) is 0 Å². The second kappa shape index (κ2) is 6.54. The van der Waals surface area contributed by atoms with Crippen LogP contribution in [-0.4, -0.2) is 48.2 Å². The molecule has 18 heavy (non-hydrogen) atoms. The van der Waals surface area contributed by atoms with Gasteiger partial charge in [0.25, 0.3) is 5.91 Å². The summed E-state index contributed by atoms with van der Waals surface area (Å²) in [5.74, 6) is 1.06. The maximum atomic E-state index is 12.5. The number of hydrogen-bond acceptors (Lipinski definition) is 5. The molecule has 1 saturated heterocycles. The van der Waals surface area contributed by atoms with Gasteiger partial charge in [-0.3, -0.25) is 4.79 Å². The molecule has 0 aliphatic carbocycles. The van der Waals surface area contributed by atoms with Gasteiger partial charge in [0.2, 0.25) is 0 Å². The minimum absolute atomic E-state index is 0.165. The number of thiazole rings is 1. The molecule has 0 radical (unpaired) electrons. The zero-order valence-electron chi connectivity index (χ0n) is 10.9. The number of nitrogens with zero attached hydrogens (tertiary/aromatic N) is 2. The van der Waals surface area contributed by atoms with E-state index in [1.165, 1.54) is 0 Å². The second-order valence-corrected chi connectivity index (χ2v) is 6.16. The number of aromatic nitrogens is 1. The van der Waals surface area contributed by atoms with E-state index in [1.54, 1.807) is 23.1 Å². The maximum Gasteiger partial charge on any atom is 0.265 e. The van der Waals surface area contributed by atoms with Crippen molar-refractivity contribution in [3.63, 3.8) is 0 Å². The van der Waals surface area contributed by atoms with Crippen LogP contribution in [0.4, 0.5) is 0 Å². The third kappa shape index (κ3) is 3.05. The zero-order valence-corrected chi connectivity index (χ0v) is 12.5. The first kappa shape index (κ1) is 13.8. The van der Waals surface area contributed by atoms with Crippen LogP contribution in [-0.2, 0) is 12.2 Å². The lowest BCUT2D eigenvalue weighted by Gasteiger charge is -2.27. The molecule has 0 aromatic carbocycles. The van der Waals surface area contributed by atoms with Gasteiger partial charge in [-0.1, -0.05) is 6.92 Å². The van der Waals surface area contributed by atoms with Crippen molar-refractivity contribution in [1.29, 1.82) is 0 Å². The van der Waals surface area contributed by atoms with Gasteiger partial charge in [-0.25, -0.2) is 4.98 Å². The number of aryl methyl sites for hydroxylation is 1. The van der Waals surface area contributed by atoms with Gasteiger partial charge in [-0.15, -0.1) is 11.3 Å². The molecule has 2 rings (SSSR count). The molecule has 1 aromatic rings. The minimum atomic E-state index is 0.165. The van der Waals surface area contributed by atoms with E-state index in [4.69, 9.17) is 0 Å². The summed E-state index contributed by atoms with van der Waals surface area (Å²) in [6, 6.07) is 0. The van der Waals surface area contributed by atoms with Gasteiger partial charge in [0, 0.05) is 31.9 Å². The second-order valence-electron chi connectivity index (χ2n) is 4.21. The molecular formula is C12H19N3OS2. The molecule has 100 valence electrons. The van der Waals surface area contributed by atoms with Crippen LogP contribution >= 0.6 is 23.1 Å². The van der Waals surface area contributed by atoms with Gasteiger partial charge in [-0.05, 0) is 12.7 Å². The van der Waals surface area contributed by atoms with Crippen LogP contribution in [0, 0.1) is 0 Å².